The molecule has 0 bridgehead atoms. The molecule has 34 heavy (non-hydrogen) atoms. The molecule has 7 heteroatoms. The third-order valence-electron chi connectivity index (χ3n) is 6.61. The summed E-state index contributed by atoms with van der Waals surface area (Å²) in [6.45, 7) is 7.59. The first-order valence-corrected chi connectivity index (χ1v) is 14.4. The van der Waals surface area contributed by atoms with E-state index in [1.165, 1.54) is 10.6 Å². The molecule has 0 saturated heterocycles. The lowest BCUT2D eigenvalue weighted by molar-refractivity contribution is 0.489. The van der Waals surface area contributed by atoms with E-state index in [1.807, 2.05) is 20.8 Å². The molecule has 4 rings (SSSR count). The number of anilines is 2. The summed E-state index contributed by atoms with van der Waals surface area (Å²) in [5, 5.41) is 6.09. The van der Waals surface area contributed by atoms with Crippen LogP contribution in [-0.4, -0.2) is 20.7 Å². The molecule has 3 aromatic rings. The maximum Gasteiger partial charge on any atom is 0.254 e. The van der Waals surface area contributed by atoms with Gasteiger partial charge in [-0.3, -0.25) is 14.3 Å². The monoisotopic (exact) mass is 496 g/mol. The molecular formula is C27H33N2O3PS. The third-order valence-corrected chi connectivity index (χ3v) is 11.1. The van der Waals surface area contributed by atoms with Crippen LogP contribution in [0.25, 0.3) is 0 Å². The summed E-state index contributed by atoms with van der Waals surface area (Å²) in [5.74, 6) is 0.358. The highest BCUT2D eigenvalue weighted by atomic mass is 32.2. The average Bonchev–Trinajstić information content (AvgIpc) is 3.31. The maximum atomic E-state index is 12.5. The van der Waals surface area contributed by atoms with Gasteiger partial charge in [0.05, 0.1) is 4.75 Å². The quantitative estimate of drug-likeness (QED) is 0.361. The van der Waals surface area contributed by atoms with E-state index in [0.717, 1.165) is 19.3 Å². The van der Waals surface area contributed by atoms with Crippen molar-refractivity contribution in [2.75, 3.05) is 10.0 Å². The summed E-state index contributed by atoms with van der Waals surface area (Å²) in [4.78, 5) is 24.6. The van der Waals surface area contributed by atoms with Crippen molar-refractivity contribution in [2.24, 2.45) is 5.92 Å². The van der Waals surface area contributed by atoms with E-state index in [-0.39, 0.29) is 17.4 Å². The van der Waals surface area contributed by atoms with Crippen molar-refractivity contribution >= 4 is 40.9 Å². The van der Waals surface area contributed by atoms with Crippen molar-refractivity contribution in [1.29, 1.82) is 0 Å². The lowest BCUT2D eigenvalue weighted by atomic mass is 9.98. The molecule has 5 nitrogen and oxygen atoms in total. The first kappa shape index (κ1) is 24.8. The van der Waals surface area contributed by atoms with Gasteiger partial charge < -0.3 is 5.32 Å². The molecule has 2 unspecified atom stereocenters. The zero-order valence-corrected chi connectivity index (χ0v) is 21.9. The van der Waals surface area contributed by atoms with Crippen molar-refractivity contribution in [3.05, 3.63) is 81.1 Å². The lowest BCUT2D eigenvalue weighted by Gasteiger charge is -2.34. The second-order valence-corrected chi connectivity index (χ2v) is 14.4. The van der Waals surface area contributed by atoms with Crippen LogP contribution in [0.5, 0.6) is 0 Å². The fourth-order valence-electron chi connectivity index (χ4n) is 4.79. The predicted molar refractivity (Wildman–Crippen MR) is 146 cm³/mol. The second-order valence-electron chi connectivity index (χ2n) is 10.0. The summed E-state index contributed by atoms with van der Waals surface area (Å²) in [6, 6.07) is 21.5. The van der Waals surface area contributed by atoms with Crippen molar-refractivity contribution < 1.29 is 4.21 Å². The van der Waals surface area contributed by atoms with Crippen molar-refractivity contribution in [2.45, 2.75) is 63.4 Å². The maximum absolute atomic E-state index is 12.5. The van der Waals surface area contributed by atoms with E-state index in [4.69, 9.17) is 0 Å². The van der Waals surface area contributed by atoms with Crippen LogP contribution < -0.4 is 31.5 Å². The van der Waals surface area contributed by atoms with Gasteiger partial charge in [-0.05, 0) is 70.6 Å². The van der Waals surface area contributed by atoms with Crippen LogP contribution in [0.1, 0.15) is 47.0 Å². The summed E-state index contributed by atoms with van der Waals surface area (Å²) < 4.78 is 14.8. The van der Waals surface area contributed by atoms with Gasteiger partial charge in [-0.25, -0.2) is 4.21 Å². The molecule has 1 fully saturated rings. The number of benzene rings is 2. The molecule has 0 aliphatic heterocycles. The molecule has 0 heterocycles. The van der Waals surface area contributed by atoms with Gasteiger partial charge in [-0.1, -0.05) is 67.1 Å². The van der Waals surface area contributed by atoms with Gasteiger partial charge >= 0.3 is 0 Å². The Morgan fingerprint density at radius 1 is 0.882 bits per heavy atom. The highest BCUT2D eigenvalue weighted by molar-refractivity contribution is 7.87. The lowest BCUT2D eigenvalue weighted by Crippen LogP contribution is -2.43. The fourth-order valence-corrected chi connectivity index (χ4v) is 8.76. The van der Waals surface area contributed by atoms with Gasteiger partial charge in [0.2, 0.25) is 0 Å². The summed E-state index contributed by atoms with van der Waals surface area (Å²) in [5.41, 5.74) is -0.208. The van der Waals surface area contributed by atoms with E-state index in [2.05, 4.69) is 77.6 Å². The van der Waals surface area contributed by atoms with E-state index < -0.39 is 34.5 Å². The largest absolute Gasteiger partial charge is 0.377 e. The highest BCUT2D eigenvalue weighted by Crippen LogP contribution is 2.51. The van der Waals surface area contributed by atoms with Crippen LogP contribution in [0, 0.1) is 5.92 Å². The third kappa shape index (κ3) is 5.04. The molecule has 180 valence electrons. The Kier molecular flexibility index (Phi) is 7.39. The van der Waals surface area contributed by atoms with E-state index in [1.54, 1.807) is 0 Å². The number of hydrogen-bond acceptors (Lipinski definition) is 4. The van der Waals surface area contributed by atoms with Gasteiger partial charge in [0.15, 0.2) is 0 Å². The normalized spacial score (nSPS) is 20.4. The zero-order valence-electron chi connectivity index (χ0n) is 20.2. The van der Waals surface area contributed by atoms with E-state index >= 15 is 0 Å². The minimum atomic E-state index is -1.47. The van der Waals surface area contributed by atoms with Gasteiger partial charge in [0, 0.05) is 6.04 Å². The standard InChI is InChI=1S/C27H33N2O3PS/c1-18(28-23-24(26(31)25(23)30)29-34(32)27(2,3)4)21-16-11-17-22(21)33(19-12-7-5-8-13-19)20-14-9-6-10-15-20/h5-10,12-15,18,21-22,28-29H,11,16-17H2,1-4H3/t18-,21?,22?,34-/m1/s1. The average molecular weight is 497 g/mol. The summed E-state index contributed by atoms with van der Waals surface area (Å²) in [7, 11) is -2.04. The molecule has 2 N–H and O–H groups in total. The van der Waals surface area contributed by atoms with Crippen molar-refractivity contribution in [3.63, 3.8) is 0 Å². The summed E-state index contributed by atoms with van der Waals surface area (Å²) in [6.07, 6.45) is 3.35. The first-order chi connectivity index (χ1) is 16.2. The predicted octanol–water partition coefficient (Wildman–Crippen LogP) is 4.26. The molecule has 1 aliphatic rings. The number of hydrogen-bond donors (Lipinski definition) is 2. The molecule has 3 aromatic carbocycles. The molecule has 1 aliphatic carbocycles. The molecular weight excluding hydrogens is 463 g/mol. The van der Waals surface area contributed by atoms with Crippen LogP contribution in [-0.2, 0) is 11.0 Å². The van der Waals surface area contributed by atoms with Gasteiger partial charge in [0.25, 0.3) is 10.9 Å². The molecule has 0 aromatic heterocycles. The number of rotatable bonds is 8. The van der Waals surface area contributed by atoms with E-state index in [0.29, 0.717) is 11.6 Å². The van der Waals surface area contributed by atoms with Gasteiger partial charge in [0.1, 0.15) is 22.4 Å². The Balaban J connectivity index is 1.59. The van der Waals surface area contributed by atoms with Crippen LogP contribution in [0.4, 0.5) is 11.4 Å². The van der Waals surface area contributed by atoms with Crippen LogP contribution in [0.15, 0.2) is 70.3 Å². The molecule has 0 radical (unpaired) electrons. The highest BCUT2D eigenvalue weighted by Gasteiger charge is 2.39. The fraction of sp³-hybridized carbons (Fsp3) is 0.407. The van der Waals surface area contributed by atoms with Crippen LogP contribution in [0.3, 0.4) is 0 Å². The first-order valence-electron chi connectivity index (χ1n) is 11.9. The topological polar surface area (TPSA) is 75.3 Å². The van der Waals surface area contributed by atoms with Gasteiger partial charge in [-0.2, -0.15) is 0 Å². The molecule has 0 spiro atoms. The zero-order chi connectivity index (χ0) is 24.5. The molecule has 4 atom stereocenters. The minimum Gasteiger partial charge on any atom is -0.377 e. The van der Waals surface area contributed by atoms with Crippen LogP contribution in [0.2, 0.25) is 0 Å². The Morgan fingerprint density at radius 3 is 1.94 bits per heavy atom. The Hall–Kier alpha value is -2.30. The Labute approximate surface area is 205 Å². The smallest absolute Gasteiger partial charge is 0.254 e. The summed E-state index contributed by atoms with van der Waals surface area (Å²) >= 11 is 0. The van der Waals surface area contributed by atoms with Crippen LogP contribution >= 0.6 is 7.92 Å². The second kappa shape index (κ2) is 10.1. The SMILES string of the molecule is C[C@@H](Nc1c(N[S@](=O)C(C)(C)C)c(=O)c1=O)C1CCCC1P(c1ccccc1)c1ccccc1. The Bertz CT molecular complexity index is 1180. The minimum absolute atomic E-state index is 0.0110. The molecule has 0 amide bonds. The Morgan fingerprint density at radius 2 is 1.41 bits per heavy atom. The van der Waals surface area contributed by atoms with Crippen molar-refractivity contribution in [3.8, 4) is 0 Å². The number of nitrogens with one attached hydrogen (secondary N) is 2. The van der Waals surface area contributed by atoms with Gasteiger partial charge in [-0.15, -0.1) is 0 Å². The van der Waals surface area contributed by atoms with E-state index in [9.17, 15) is 13.8 Å². The molecule has 1 saturated carbocycles. The van der Waals surface area contributed by atoms with Crippen molar-refractivity contribution in [1.82, 2.24) is 0 Å².